The molecule has 0 bridgehead atoms. The Morgan fingerprint density at radius 3 is 1.47 bits per heavy atom. The molecule has 2 radical (unpaired) electrons. The first-order valence-corrected chi connectivity index (χ1v) is 7.25. The van der Waals surface area contributed by atoms with Crippen molar-refractivity contribution in [2.75, 3.05) is 0 Å². The van der Waals surface area contributed by atoms with Crippen LogP contribution in [0, 0.1) is 13.8 Å². The molecule has 0 aliphatic carbocycles. The van der Waals surface area contributed by atoms with Crippen molar-refractivity contribution in [3.8, 4) is 0 Å². The standard InChI is InChI=1S/C14H14Ge/c1-11-7-3-5-9-13(11)15-14-10-6-4-8-12(14)2/h3-10H,1-2H3. The van der Waals surface area contributed by atoms with Gasteiger partial charge in [-0.15, -0.1) is 0 Å². The predicted octanol–water partition coefficient (Wildman–Crippen LogP) is 1.96. The van der Waals surface area contributed by atoms with Gasteiger partial charge in [0.2, 0.25) is 0 Å². The molecule has 0 fully saturated rings. The SMILES string of the molecule is Cc1cccc[c]1[Ge][c]1ccccc1C. The van der Waals surface area contributed by atoms with Gasteiger partial charge in [-0.3, -0.25) is 0 Å². The third-order valence-corrected chi connectivity index (χ3v) is 6.04. The zero-order valence-electron chi connectivity index (χ0n) is 9.12. The number of hydrogen-bond acceptors (Lipinski definition) is 0. The molecule has 2 aromatic carbocycles. The Labute approximate surface area is 97.8 Å². The van der Waals surface area contributed by atoms with Gasteiger partial charge >= 0.3 is 97.7 Å². The van der Waals surface area contributed by atoms with E-state index in [4.69, 9.17) is 0 Å². The van der Waals surface area contributed by atoms with Gasteiger partial charge in [0.25, 0.3) is 0 Å². The van der Waals surface area contributed by atoms with Crippen LogP contribution >= 0.6 is 0 Å². The van der Waals surface area contributed by atoms with E-state index in [-0.39, 0.29) is 15.4 Å². The summed E-state index contributed by atoms with van der Waals surface area (Å²) in [6.07, 6.45) is 0. The van der Waals surface area contributed by atoms with Gasteiger partial charge < -0.3 is 0 Å². The molecule has 0 aliphatic rings. The average Bonchev–Trinajstić information content (AvgIpc) is 2.24. The molecule has 0 unspecified atom stereocenters. The Morgan fingerprint density at radius 1 is 0.667 bits per heavy atom. The van der Waals surface area contributed by atoms with Gasteiger partial charge in [0.1, 0.15) is 0 Å². The van der Waals surface area contributed by atoms with Crippen molar-refractivity contribution < 1.29 is 0 Å². The molecular weight excluding hydrogens is 241 g/mol. The molecule has 0 amide bonds. The minimum absolute atomic E-state index is 0.159. The second kappa shape index (κ2) is 4.67. The van der Waals surface area contributed by atoms with Crippen LogP contribution in [0.25, 0.3) is 0 Å². The molecule has 0 saturated heterocycles. The first-order chi connectivity index (χ1) is 7.27. The van der Waals surface area contributed by atoms with Crippen molar-refractivity contribution in [3.63, 3.8) is 0 Å². The van der Waals surface area contributed by atoms with Crippen LogP contribution in [0.1, 0.15) is 11.1 Å². The van der Waals surface area contributed by atoms with E-state index < -0.39 is 0 Å². The van der Waals surface area contributed by atoms with Crippen LogP contribution in [0.2, 0.25) is 0 Å². The number of aryl methyl sites for hydroxylation is 2. The van der Waals surface area contributed by atoms with E-state index in [0.29, 0.717) is 0 Å². The summed E-state index contributed by atoms with van der Waals surface area (Å²) in [4.78, 5) is 0. The maximum absolute atomic E-state index is 2.27. The van der Waals surface area contributed by atoms with Crippen molar-refractivity contribution in [1.82, 2.24) is 0 Å². The molecule has 15 heavy (non-hydrogen) atoms. The Balaban J connectivity index is 2.30. The van der Waals surface area contributed by atoms with Gasteiger partial charge in [-0.05, 0) is 0 Å². The fourth-order valence-corrected chi connectivity index (χ4v) is 4.11. The van der Waals surface area contributed by atoms with Crippen molar-refractivity contribution in [3.05, 3.63) is 59.7 Å². The zero-order chi connectivity index (χ0) is 10.7. The summed E-state index contributed by atoms with van der Waals surface area (Å²) < 4.78 is 3.10. The fraction of sp³-hybridized carbons (Fsp3) is 0.143. The molecule has 2 aromatic rings. The maximum atomic E-state index is 2.27. The Kier molecular flexibility index (Phi) is 3.27. The van der Waals surface area contributed by atoms with Gasteiger partial charge in [0.05, 0.1) is 0 Å². The van der Waals surface area contributed by atoms with Gasteiger partial charge in [-0.25, -0.2) is 0 Å². The zero-order valence-corrected chi connectivity index (χ0v) is 11.2. The van der Waals surface area contributed by atoms with Gasteiger partial charge in [0, 0.05) is 0 Å². The van der Waals surface area contributed by atoms with E-state index in [2.05, 4.69) is 62.4 Å². The van der Waals surface area contributed by atoms with E-state index in [1.165, 1.54) is 11.1 Å². The second-order valence-corrected chi connectivity index (χ2v) is 6.54. The Morgan fingerprint density at radius 2 is 1.07 bits per heavy atom. The Bertz CT molecular complexity index is 417. The molecule has 0 N–H and O–H groups in total. The monoisotopic (exact) mass is 256 g/mol. The molecule has 1 heteroatoms. The van der Waals surface area contributed by atoms with Crippen LogP contribution in [-0.2, 0) is 0 Å². The molecule has 0 saturated carbocycles. The number of rotatable bonds is 2. The topological polar surface area (TPSA) is 0 Å². The quantitative estimate of drug-likeness (QED) is 0.719. The molecule has 0 heterocycles. The van der Waals surface area contributed by atoms with E-state index in [9.17, 15) is 0 Å². The summed E-state index contributed by atoms with van der Waals surface area (Å²) >= 11 is -0.159. The van der Waals surface area contributed by atoms with Crippen LogP contribution in [0.15, 0.2) is 48.5 Å². The van der Waals surface area contributed by atoms with Crippen LogP contribution in [0.4, 0.5) is 0 Å². The first-order valence-electron chi connectivity index (χ1n) is 5.15. The normalized spacial score (nSPS) is 10.3. The molecule has 0 atom stereocenters. The summed E-state index contributed by atoms with van der Waals surface area (Å²) in [7, 11) is 0. The summed E-state index contributed by atoms with van der Waals surface area (Å²) in [5, 5.41) is 0. The molecular formula is C14H14Ge. The van der Waals surface area contributed by atoms with Gasteiger partial charge in [0.15, 0.2) is 0 Å². The van der Waals surface area contributed by atoms with Crippen molar-refractivity contribution in [2.24, 2.45) is 0 Å². The second-order valence-electron chi connectivity index (χ2n) is 3.75. The summed E-state index contributed by atoms with van der Waals surface area (Å²) in [6.45, 7) is 4.41. The fourth-order valence-electron chi connectivity index (χ4n) is 1.57. The summed E-state index contributed by atoms with van der Waals surface area (Å²) in [5.41, 5.74) is 2.86. The van der Waals surface area contributed by atoms with Crippen molar-refractivity contribution >= 4 is 24.2 Å². The average molecular weight is 255 g/mol. The van der Waals surface area contributed by atoms with Crippen molar-refractivity contribution in [2.45, 2.75) is 13.8 Å². The molecule has 2 rings (SSSR count). The van der Waals surface area contributed by atoms with Crippen LogP contribution in [0.5, 0.6) is 0 Å². The van der Waals surface area contributed by atoms with E-state index in [0.717, 1.165) is 0 Å². The van der Waals surface area contributed by atoms with E-state index in [1.807, 2.05) is 0 Å². The summed E-state index contributed by atoms with van der Waals surface area (Å²) in [6, 6.07) is 17.5. The van der Waals surface area contributed by atoms with Crippen molar-refractivity contribution in [1.29, 1.82) is 0 Å². The molecule has 74 valence electrons. The molecule has 0 nitrogen and oxygen atoms in total. The van der Waals surface area contributed by atoms with Gasteiger partial charge in [-0.1, -0.05) is 0 Å². The van der Waals surface area contributed by atoms with Crippen LogP contribution < -0.4 is 8.79 Å². The van der Waals surface area contributed by atoms with E-state index in [1.54, 1.807) is 8.79 Å². The van der Waals surface area contributed by atoms with E-state index >= 15 is 0 Å². The van der Waals surface area contributed by atoms with Crippen LogP contribution in [0.3, 0.4) is 0 Å². The molecule has 0 spiro atoms. The molecule has 0 aliphatic heterocycles. The first kappa shape index (κ1) is 10.5. The number of hydrogen-bond donors (Lipinski definition) is 0. The third kappa shape index (κ3) is 2.51. The minimum atomic E-state index is -0.159. The summed E-state index contributed by atoms with van der Waals surface area (Å²) in [5.74, 6) is 0. The predicted molar refractivity (Wildman–Crippen MR) is 67.4 cm³/mol. The van der Waals surface area contributed by atoms with Crippen LogP contribution in [-0.4, -0.2) is 15.4 Å². The molecule has 0 aromatic heterocycles. The number of benzene rings is 2. The van der Waals surface area contributed by atoms with Gasteiger partial charge in [-0.2, -0.15) is 0 Å². The third-order valence-electron chi connectivity index (χ3n) is 2.56. The Hall–Kier alpha value is -1.02.